The molecule has 2 aromatic carbocycles. The van der Waals surface area contributed by atoms with Gasteiger partial charge in [-0.15, -0.1) is 0 Å². The highest BCUT2D eigenvalue weighted by molar-refractivity contribution is 14.1. The maximum atomic E-state index is 12.6. The summed E-state index contributed by atoms with van der Waals surface area (Å²) in [5.74, 6) is -0.460. The molecule has 5 nitrogen and oxygen atoms in total. The van der Waals surface area contributed by atoms with Gasteiger partial charge in [-0.1, -0.05) is 23.7 Å². The number of nitrogens with zero attached hydrogens (tertiary/aromatic N) is 1. The summed E-state index contributed by atoms with van der Waals surface area (Å²) in [6.45, 7) is 3.55. The first-order chi connectivity index (χ1) is 11.6. The predicted molar refractivity (Wildman–Crippen MR) is 109 cm³/mol. The van der Waals surface area contributed by atoms with Crippen molar-refractivity contribution in [1.29, 1.82) is 0 Å². The van der Waals surface area contributed by atoms with E-state index < -0.39 is 15.9 Å². The van der Waals surface area contributed by atoms with Crippen molar-refractivity contribution in [1.82, 2.24) is 4.31 Å². The Balaban J connectivity index is 2.40. The maximum Gasteiger partial charge on any atom is 0.257 e. The standard InChI is InChI=1S/C17H18ClIN2O3S/c1-11(2)21(3)25(23,24)12-8-9-14(18)13(10-12)17(22)20-16-7-5-4-6-15(16)19/h4-11H,1-3H3,(H,20,22). The zero-order valence-electron chi connectivity index (χ0n) is 14.0. The Kier molecular flexibility index (Phi) is 6.47. The second-order valence-electron chi connectivity index (χ2n) is 5.69. The summed E-state index contributed by atoms with van der Waals surface area (Å²) in [7, 11) is -2.20. The number of carbonyl (C=O) groups is 1. The molecule has 0 aliphatic heterocycles. The quantitative estimate of drug-likeness (QED) is 0.636. The van der Waals surface area contributed by atoms with E-state index in [1.807, 2.05) is 12.1 Å². The first-order valence-electron chi connectivity index (χ1n) is 7.48. The first kappa shape index (κ1) is 20.2. The van der Waals surface area contributed by atoms with Gasteiger partial charge in [0.25, 0.3) is 5.91 Å². The summed E-state index contributed by atoms with van der Waals surface area (Å²) in [4.78, 5) is 12.6. The molecule has 0 heterocycles. The van der Waals surface area contributed by atoms with Crippen LogP contribution in [-0.4, -0.2) is 31.7 Å². The molecule has 0 fully saturated rings. The van der Waals surface area contributed by atoms with Gasteiger partial charge in [0.05, 0.1) is 21.2 Å². The first-order valence-corrected chi connectivity index (χ1v) is 10.4. The number of amides is 1. The second kappa shape index (κ2) is 8.03. The minimum Gasteiger partial charge on any atom is -0.321 e. The third kappa shape index (κ3) is 4.52. The number of hydrogen-bond acceptors (Lipinski definition) is 3. The summed E-state index contributed by atoms with van der Waals surface area (Å²) in [6, 6.07) is 11.2. The fourth-order valence-corrected chi connectivity index (χ4v) is 4.15. The zero-order chi connectivity index (χ0) is 18.8. The monoisotopic (exact) mass is 492 g/mol. The van der Waals surface area contributed by atoms with Crippen molar-refractivity contribution < 1.29 is 13.2 Å². The summed E-state index contributed by atoms with van der Waals surface area (Å²) in [5, 5.41) is 2.95. The average molecular weight is 493 g/mol. The molecule has 0 atom stereocenters. The van der Waals surface area contributed by atoms with Gasteiger partial charge >= 0.3 is 0 Å². The van der Waals surface area contributed by atoms with Crippen molar-refractivity contribution in [2.75, 3.05) is 12.4 Å². The lowest BCUT2D eigenvalue weighted by atomic mass is 10.2. The summed E-state index contributed by atoms with van der Waals surface area (Å²) in [6.07, 6.45) is 0. The third-order valence-corrected chi connectivity index (χ3v) is 7.01. The Morgan fingerprint density at radius 1 is 1.20 bits per heavy atom. The van der Waals surface area contributed by atoms with Gasteiger partial charge < -0.3 is 5.32 Å². The number of anilines is 1. The molecule has 0 saturated heterocycles. The van der Waals surface area contributed by atoms with E-state index in [0.717, 1.165) is 3.57 Å². The van der Waals surface area contributed by atoms with Crippen LogP contribution in [0.3, 0.4) is 0 Å². The molecule has 0 bridgehead atoms. The van der Waals surface area contributed by atoms with E-state index in [1.54, 1.807) is 26.0 Å². The van der Waals surface area contributed by atoms with Gasteiger partial charge in [-0.3, -0.25) is 4.79 Å². The SMILES string of the molecule is CC(C)N(C)S(=O)(=O)c1ccc(Cl)c(C(=O)Nc2ccccc2I)c1. The third-order valence-electron chi connectivity index (χ3n) is 3.71. The molecule has 2 aromatic rings. The lowest BCUT2D eigenvalue weighted by Gasteiger charge is -2.21. The molecule has 1 amide bonds. The number of sulfonamides is 1. The number of rotatable bonds is 5. The number of halogens is 2. The van der Waals surface area contributed by atoms with Gasteiger partial charge in [0.2, 0.25) is 10.0 Å². The summed E-state index contributed by atoms with van der Waals surface area (Å²) < 4.78 is 27.4. The molecule has 1 N–H and O–H groups in total. The van der Waals surface area contributed by atoms with Crippen LogP contribution in [0, 0.1) is 3.57 Å². The number of carbonyl (C=O) groups excluding carboxylic acids is 1. The van der Waals surface area contributed by atoms with Crippen molar-refractivity contribution in [3.8, 4) is 0 Å². The average Bonchev–Trinajstić information content (AvgIpc) is 2.56. The smallest absolute Gasteiger partial charge is 0.257 e. The number of benzene rings is 2. The minimum absolute atomic E-state index is 0.0287. The van der Waals surface area contributed by atoms with Crippen molar-refractivity contribution in [2.24, 2.45) is 0 Å². The second-order valence-corrected chi connectivity index (χ2v) is 9.26. The Bertz CT molecular complexity index is 901. The molecule has 25 heavy (non-hydrogen) atoms. The largest absolute Gasteiger partial charge is 0.321 e. The molecular formula is C17H18ClIN2O3S. The molecule has 2 rings (SSSR count). The number of nitrogens with one attached hydrogen (secondary N) is 1. The number of hydrogen-bond donors (Lipinski definition) is 1. The minimum atomic E-state index is -3.70. The van der Waals surface area contributed by atoms with Crippen LogP contribution >= 0.6 is 34.2 Å². The zero-order valence-corrected chi connectivity index (χ0v) is 17.7. The van der Waals surface area contributed by atoms with Crippen LogP contribution in [-0.2, 0) is 10.0 Å². The topological polar surface area (TPSA) is 66.5 Å². The van der Waals surface area contributed by atoms with Crippen LogP contribution in [0.5, 0.6) is 0 Å². The van der Waals surface area contributed by atoms with Crippen molar-refractivity contribution >= 4 is 55.8 Å². The van der Waals surface area contributed by atoms with E-state index in [2.05, 4.69) is 27.9 Å². The van der Waals surface area contributed by atoms with Gasteiger partial charge in [-0.05, 0) is 66.8 Å². The fraction of sp³-hybridized carbons (Fsp3) is 0.235. The van der Waals surface area contributed by atoms with Crippen LogP contribution in [0.25, 0.3) is 0 Å². The van der Waals surface area contributed by atoms with Crippen LogP contribution in [0.15, 0.2) is 47.4 Å². The lowest BCUT2D eigenvalue weighted by molar-refractivity contribution is 0.102. The van der Waals surface area contributed by atoms with Gasteiger partial charge in [-0.2, -0.15) is 4.31 Å². The van der Waals surface area contributed by atoms with Gasteiger partial charge in [0.15, 0.2) is 0 Å². The molecule has 0 aliphatic rings. The molecule has 0 saturated carbocycles. The fourth-order valence-electron chi connectivity index (χ4n) is 2.03. The van der Waals surface area contributed by atoms with Crippen molar-refractivity contribution in [3.63, 3.8) is 0 Å². The Hall–Kier alpha value is -1.16. The molecule has 0 radical (unpaired) electrons. The molecule has 134 valence electrons. The van der Waals surface area contributed by atoms with E-state index in [-0.39, 0.29) is 21.5 Å². The van der Waals surface area contributed by atoms with Crippen molar-refractivity contribution in [3.05, 3.63) is 56.6 Å². The van der Waals surface area contributed by atoms with Crippen LogP contribution in [0.2, 0.25) is 5.02 Å². The van der Waals surface area contributed by atoms with E-state index in [9.17, 15) is 13.2 Å². The molecule has 0 unspecified atom stereocenters. The van der Waals surface area contributed by atoms with E-state index in [1.165, 1.54) is 29.6 Å². The van der Waals surface area contributed by atoms with E-state index >= 15 is 0 Å². The van der Waals surface area contributed by atoms with Gasteiger partial charge in [0.1, 0.15) is 0 Å². The lowest BCUT2D eigenvalue weighted by Crippen LogP contribution is -2.33. The van der Waals surface area contributed by atoms with Crippen LogP contribution in [0.1, 0.15) is 24.2 Å². The molecule has 0 aliphatic carbocycles. The highest BCUT2D eigenvalue weighted by Gasteiger charge is 2.25. The van der Waals surface area contributed by atoms with Gasteiger partial charge in [0, 0.05) is 16.7 Å². The van der Waals surface area contributed by atoms with Crippen LogP contribution < -0.4 is 5.32 Å². The van der Waals surface area contributed by atoms with Gasteiger partial charge in [-0.25, -0.2) is 8.42 Å². The molecule has 8 heteroatoms. The molecular weight excluding hydrogens is 475 g/mol. The highest BCUT2D eigenvalue weighted by atomic mass is 127. The predicted octanol–water partition coefficient (Wildman–Crippen LogP) is 4.23. The van der Waals surface area contributed by atoms with Crippen LogP contribution in [0.4, 0.5) is 5.69 Å². The Morgan fingerprint density at radius 2 is 1.84 bits per heavy atom. The Morgan fingerprint density at radius 3 is 2.44 bits per heavy atom. The summed E-state index contributed by atoms with van der Waals surface area (Å²) in [5.41, 5.74) is 0.747. The van der Waals surface area contributed by atoms with E-state index in [0.29, 0.717) is 5.69 Å². The summed E-state index contributed by atoms with van der Waals surface area (Å²) >= 11 is 8.23. The van der Waals surface area contributed by atoms with Crippen molar-refractivity contribution in [2.45, 2.75) is 24.8 Å². The number of para-hydroxylation sites is 1. The highest BCUT2D eigenvalue weighted by Crippen LogP contribution is 2.25. The normalized spacial score (nSPS) is 11.8. The maximum absolute atomic E-state index is 12.6. The Labute approximate surface area is 166 Å². The molecule has 0 spiro atoms. The van der Waals surface area contributed by atoms with E-state index in [4.69, 9.17) is 11.6 Å². The molecule has 0 aromatic heterocycles.